The van der Waals surface area contributed by atoms with Crippen LogP contribution in [0.2, 0.25) is 10.0 Å². The first-order valence-corrected chi connectivity index (χ1v) is 12.2. The average Bonchev–Trinajstić information content (AvgIpc) is 3.58. The molecule has 0 aromatic heterocycles. The molecule has 2 aromatic rings. The predicted molar refractivity (Wildman–Crippen MR) is 138 cm³/mol. The zero-order valence-electron chi connectivity index (χ0n) is 20.4. The van der Waals surface area contributed by atoms with E-state index in [1.54, 1.807) is 42.5 Å². The minimum Gasteiger partial charge on any atom is -0.489 e. The highest BCUT2D eigenvalue weighted by Gasteiger charge is 2.47. The first-order valence-electron chi connectivity index (χ1n) is 11.4. The third kappa shape index (κ3) is 7.49. The molecule has 2 amide bonds. The molecule has 0 atom stereocenters. The lowest BCUT2D eigenvalue weighted by Gasteiger charge is -2.28. The van der Waals surface area contributed by atoms with E-state index >= 15 is 0 Å². The molecule has 0 saturated heterocycles. The normalized spacial score (nSPS) is 14.4. The SMILES string of the molecule is COC(=O)CC1(CN(O)C(=O)N(Cc2ccc(Cl)cc2)/C(N)=N/c2ccc(OC(C)C)c(Cl)c2)CC1. The van der Waals surface area contributed by atoms with E-state index < -0.39 is 17.4 Å². The molecule has 36 heavy (non-hydrogen) atoms. The van der Waals surface area contributed by atoms with Gasteiger partial charge < -0.3 is 15.2 Å². The van der Waals surface area contributed by atoms with Gasteiger partial charge in [0.05, 0.1) is 43.4 Å². The molecule has 194 valence electrons. The van der Waals surface area contributed by atoms with Gasteiger partial charge in [-0.2, -0.15) is 0 Å². The van der Waals surface area contributed by atoms with Gasteiger partial charge in [-0.3, -0.25) is 14.9 Å². The van der Waals surface area contributed by atoms with Gasteiger partial charge in [0, 0.05) is 10.4 Å². The maximum atomic E-state index is 13.3. The summed E-state index contributed by atoms with van der Waals surface area (Å²) < 4.78 is 10.4. The van der Waals surface area contributed by atoms with Gasteiger partial charge in [-0.1, -0.05) is 35.3 Å². The summed E-state index contributed by atoms with van der Waals surface area (Å²) in [4.78, 5) is 30.6. The van der Waals surface area contributed by atoms with Gasteiger partial charge in [0.1, 0.15) is 5.75 Å². The standard InChI is InChI=1S/C25H30Cl2N4O5/c1-16(2)36-21-9-8-19(12-20(21)27)29-23(28)30(14-17-4-6-18(26)7-5-17)24(33)31(34)15-25(10-11-25)13-22(32)35-3/h4-9,12,16,34H,10-11,13-15H2,1-3H3,(H2,28,29). The van der Waals surface area contributed by atoms with Crippen molar-refractivity contribution in [3.8, 4) is 5.75 Å². The summed E-state index contributed by atoms with van der Waals surface area (Å²) in [7, 11) is 1.30. The zero-order valence-corrected chi connectivity index (χ0v) is 21.9. The zero-order chi connectivity index (χ0) is 26.5. The molecule has 1 aliphatic carbocycles. The van der Waals surface area contributed by atoms with Crippen LogP contribution in [0.3, 0.4) is 0 Å². The average molecular weight is 537 g/mol. The van der Waals surface area contributed by atoms with Crippen LogP contribution >= 0.6 is 23.2 Å². The molecule has 0 spiro atoms. The molecule has 3 N–H and O–H groups in total. The highest BCUT2D eigenvalue weighted by Crippen LogP contribution is 2.49. The van der Waals surface area contributed by atoms with Crippen LogP contribution in [-0.4, -0.2) is 52.9 Å². The van der Waals surface area contributed by atoms with Crippen molar-refractivity contribution >= 4 is 46.8 Å². The first kappa shape index (κ1) is 27.6. The number of rotatable bonds is 9. The molecule has 1 fully saturated rings. The molecule has 0 unspecified atom stereocenters. The minimum atomic E-state index is -0.784. The van der Waals surface area contributed by atoms with Crippen molar-refractivity contribution in [1.82, 2.24) is 9.96 Å². The number of hydroxylamine groups is 2. The van der Waals surface area contributed by atoms with E-state index in [4.69, 9.17) is 38.4 Å². The summed E-state index contributed by atoms with van der Waals surface area (Å²) in [6.07, 6.45) is 1.43. The van der Waals surface area contributed by atoms with Gasteiger partial charge in [0.25, 0.3) is 0 Å². The van der Waals surface area contributed by atoms with Gasteiger partial charge in [0.2, 0.25) is 5.96 Å². The Bertz CT molecular complexity index is 1120. The van der Waals surface area contributed by atoms with Crippen LogP contribution in [0, 0.1) is 5.41 Å². The summed E-state index contributed by atoms with van der Waals surface area (Å²) in [6, 6.07) is 11.0. The highest BCUT2D eigenvalue weighted by atomic mass is 35.5. The van der Waals surface area contributed by atoms with E-state index in [-0.39, 0.29) is 31.6 Å². The lowest BCUT2D eigenvalue weighted by molar-refractivity contribution is -0.143. The second-order valence-electron chi connectivity index (χ2n) is 9.06. The van der Waals surface area contributed by atoms with Gasteiger partial charge in [-0.15, -0.1) is 0 Å². The Balaban J connectivity index is 1.84. The number of esters is 1. The van der Waals surface area contributed by atoms with Gasteiger partial charge in [-0.25, -0.2) is 14.9 Å². The molecule has 1 saturated carbocycles. The van der Waals surface area contributed by atoms with Crippen molar-refractivity contribution in [1.29, 1.82) is 0 Å². The first-order chi connectivity index (χ1) is 17.0. The third-order valence-electron chi connectivity index (χ3n) is 5.69. The highest BCUT2D eigenvalue weighted by molar-refractivity contribution is 6.32. The number of nitrogens with two attached hydrogens (primary N) is 1. The Morgan fingerprint density at radius 2 is 1.83 bits per heavy atom. The Hall–Kier alpha value is -3.01. The fraction of sp³-hybridized carbons (Fsp3) is 0.400. The number of amides is 2. The number of halogens is 2. The molecule has 2 aromatic carbocycles. The fourth-order valence-corrected chi connectivity index (χ4v) is 3.94. The van der Waals surface area contributed by atoms with Gasteiger partial charge in [0.15, 0.2) is 0 Å². The Labute approximate surface area is 220 Å². The monoisotopic (exact) mass is 536 g/mol. The van der Waals surface area contributed by atoms with Crippen LogP contribution in [0.5, 0.6) is 5.75 Å². The number of carbonyl (C=O) groups is 2. The smallest absolute Gasteiger partial charge is 0.350 e. The molecular formula is C25H30Cl2N4O5. The second-order valence-corrected chi connectivity index (χ2v) is 9.90. The number of guanidine groups is 1. The Kier molecular flexibility index (Phi) is 9.05. The summed E-state index contributed by atoms with van der Waals surface area (Å²) in [5.41, 5.74) is 6.86. The van der Waals surface area contributed by atoms with Crippen molar-refractivity contribution < 1.29 is 24.3 Å². The fourth-order valence-electron chi connectivity index (χ4n) is 3.59. The van der Waals surface area contributed by atoms with Crippen molar-refractivity contribution in [2.75, 3.05) is 13.7 Å². The topological polar surface area (TPSA) is 118 Å². The van der Waals surface area contributed by atoms with E-state index in [9.17, 15) is 14.8 Å². The van der Waals surface area contributed by atoms with E-state index in [0.29, 0.717) is 45.0 Å². The van der Waals surface area contributed by atoms with Crippen molar-refractivity contribution in [2.24, 2.45) is 16.1 Å². The number of ether oxygens (including phenoxy) is 2. The Morgan fingerprint density at radius 3 is 2.39 bits per heavy atom. The summed E-state index contributed by atoms with van der Waals surface area (Å²) in [5, 5.41) is 12.1. The third-order valence-corrected chi connectivity index (χ3v) is 6.24. The van der Waals surface area contributed by atoms with E-state index in [0.717, 1.165) is 4.90 Å². The van der Waals surface area contributed by atoms with E-state index in [2.05, 4.69) is 4.99 Å². The maximum Gasteiger partial charge on any atom is 0.350 e. The lowest BCUT2D eigenvalue weighted by Crippen LogP contribution is -2.49. The molecule has 11 heteroatoms. The van der Waals surface area contributed by atoms with Crippen molar-refractivity contribution in [3.05, 3.63) is 58.1 Å². The predicted octanol–water partition coefficient (Wildman–Crippen LogP) is 5.38. The maximum absolute atomic E-state index is 13.3. The molecule has 9 nitrogen and oxygen atoms in total. The molecule has 0 heterocycles. The summed E-state index contributed by atoms with van der Waals surface area (Å²) in [5.74, 6) is -0.0465. The van der Waals surface area contributed by atoms with Crippen LogP contribution in [0.15, 0.2) is 47.5 Å². The van der Waals surface area contributed by atoms with E-state index in [1.165, 1.54) is 7.11 Å². The number of aliphatic imine (C=N–C) groups is 1. The number of urea groups is 1. The molecule has 0 radical (unpaired) electrons. The molecule has 1 aliphatic rings. The number of carbonyl (C=O) groups excluding carboxylic acids is 2. The molecule has 3 rings (SSSR count). The van der Waals surface area contributed by atoms with Crippen LogP contribution in [0.4, 0.5) is 10.5 Å². The molecule has 0 bridgehead atoms. The number of nitrogens with zero attached hydrogens (tertiary/aromatic N) is 3. The summed E-state index contributed by atoms with van der Waals surface area (Å²) >= 11 is 12.3. The Morgan fingerprint density at radius 1 is 1.17 bits per heavy atom. The van der Waals surface area contributed by atoms with Crippen molar-refractivity contribution in [2.45, 2.75) is 45.8 Å². The van der Waals surface area contributed by atoms with E-state index in [1.807, 2.05) is 13.8 Å². The minimum absolute atomic E-state index is 0.0225. The number of methoxy groups -OCH3 is 1. The molecular weight excluding hydrogens is 507 g/mol. The molecule has 0 aliphatic heterocycles. The number of hydrogen-bond acceptors (Lipinski definition) is 6. The van der Waals surface area contributed by atoms with Crippen LogP contribution < -0.4 is 10.5 Å². The second kappa shape index (κ2) is 11.8. The number of hydrogen-bond donors (Lipinski definition) is 2. The largest absolute Gasteiger partial charge is 0.489 e. The summed E-state index contributed by atoms with van der Waals surface area (Å²) in [6.45, 7) is 3.75. The van der Waals surface area contributed by atoms with Crippen molar-refractivity contribution in [3.63, 3.8) is 0 Å². The van der Waals surface area contributed by atoms with Gasteiger partial charge >= 0.3 is 12.0 Å². The lowest BCUT2D eigenvalue weighted by atomic mass is 10.0. The quantitative estimate of drug-likeness (QED) is 0.146. The number of benzene rings is 2. The van der Waals surface area contributed by atoms with Gasteiger partial charge in [-0.05, 0) is 62.6 Å². The van der Waals surface area contributed by atoms with Crippen LogP contribution in [0.25, 0.3) is 0 Å². The van der Waals surface area contributed by atoms with Crippen LogP contribution in [-0.2, 0) is 16.1 Å². The van der Waals surface area contributed by atoms with Crippen LogP contribution in [0.1, 0.15) is 38.7 Å².